The second-order valence-corrected chi connectivity index (χ2v) is 9.13. The van der Waals surface area contributed by atoms with Crippen molar-refractivity contribution < 1.29 is 31.9 Å². The van der Waals surface area contributed by atoms with Crippen LogP contribution in [0, 0.1) is 0 Å². The highest BCUT2D eigenvalue weighted by atomic mass is 32.2. The topological polar surface area (TPSA) is 115 Å². The number of hydrogen-bond acceptors (Lipinski definition) is 7. The summed E-state index contributed by atoms with van der Waals surface area (Å²) in [5, 5.41) is 3.29. The molecule has 0 fully saturated rings. The van der Waals surface area contributed by atoms with Gasteiger partial charge in [0.15, 0.2) is 6.61 Å². The molecule has 0 bridgehead atoms. The Morgan fingerprint density at radius 3 is 2.41 bits per heavy atom. The maximum atomic E-state index is 12.6. The summed E-state index contributed by atoms with van der Waals surface area (Å²) in [6, 6.07) is 12.8. The van der Waals surface area contributed by atoms with Gasteiger partial charge in [-0.2, -0.15) is 0 Å². The van der Waals surface area contributed by atoms with Crippen LogP contribution in [0.4, 0.5) is 5.69 Å². The number of carbonyl (C=O) groups is 2. The second-order valence-electron chi connectivity index (χ2n) is 6.98. The van der Waals surface area contributed by atoms with Crippen molar-refractivity contribution in [3.8, 4) is 0 Å². The third kappa shape index (κ3) is 5.16. The molecule has 0 radical (unpaired) electrons. The standard InChI is InChI=1S/C22H24N2O7S/c1-4-29-13-18-17-7-5-6-8-19(17)31-21(18)22(26)30-14-20(25)23-15-9-11-16(12-10-15)32(27,28)24(2)3/h5-12H,4,13-14H2,1-3H3,(H,23,25). The molecule has 0 saturated heterocycles. The van der Waals surface area contributed by atoms with Crippen LogP contribution in [0.15, 0.2) is 57.8 Å². The van der Waals surface area contributed by atoms with E-state index in [0.29, 0.717) is 23.4 Å². The summed E-state index contributed by atoms with van der Waals surface area (Å²) in [5.74, 6) is -1.37. The second kappa shape index (κ2) is 9.94. The molecular formula is C22H24N2O7S. The van der Waals surface area contributed by atoms with Crippen LogP contribution in [0.25, 0.3) is 11.0 Å². The van der Waals surface area contributed by atoms with E-state index in [-0.39, 0.29) is 17.3 Å². The van der Waals surface area contributed by atoms with E-state index in [0.717, 1.165) is 9.69 Å². The lowest BCUT2D eigenvalue weighted by molar-refractivity contribution is -0.119. The van der Waals surface area contributed by atoms with Crippen molar-refractivity contribution in [3.63, 3.8) is 0 Å². The Morgan fingerprint density at radius 2 is 1.75 bits per heavy atom. The average Bonchev–Trinajstić information content (AvgIpc) is 3.15. The van der Waals surface area contributed by atoms with Gasteiger partial charge in [-0.3, -0.25) is 4.79 Å². The van der Waals surface area contributed by atoms with Gasteiger partial charge < -0.3 is 19.2 Å². The third-order valence-electron chi connectivity index (χ3n) is 4.59. The van der Waals surface area contributed by atoms with E-state index in [1.807, 2.05) is 19.1 Å². The Labute approximate surface area is 186 Å². The molecule has 0 aliphatic heterocycles. The van der Waals surface area contributed by atoms with Crippen LogP contribution < -0.4 is 5.32 Å². The van der Waals surface area contributed by atoms with Gasteiger partial charge in [0.05, 0.1) is 11.5 Å². The number of para-hydroxylation sites is 1. The fraction of sp³-hybridized carbons (Fsp3) is 0.273. The zero-order valence-electron chi connectivity index (χ0n) is 18.0. The third-order valence-corrected chi connectivity index (χ3v) is 6.41. The highest BCUT2D eigenvalue weighted by Crippen LogP contribution is 2.27. The molecule has 3 rings (SSSR count). The van der Waals surface area contributed by atoms with Gasteiger partial charge in [0.2, 0.25) is 15.8 Å². The zero-order chi connectivity index (χ0) is 23.3. The SMILES string of the molecule is CCOCc1c(C(=O)OCC(=O)Nc2ccc(S(=O)(=O)N(C)C)cc2)oc2ccccc12. The Bertz CT molecular complexity index is 1210. The number of amides is 1. The van der Waals surface area contributed by atoms with Crippen molar-refractivity contribution >= 4 is 38.6 Å². The highest BCUT2D eigenvalue weighted by molar-refractivity contribution is 7.89. The van der Waals surface area contributed by atoms with Gasteiger partial charge in [-0.1, -0.05) is 18.2 Å². The van der Waals surface area contributed by atoms with Crippen LogP contribution in [0.1, 0.15) is 23.0 Å². The first-order valence-electron chi connectivity index (χ1n) is 9.81. The van der Waals surface area contributed by atoms with E-state index in [1.54, 1.807) is 12.1 Å². The summed E-state index contributed by atoms with van der Waals surface area (Å²) in [4.78, 5) is 24.8. The number of carbonyl (C=O) groups excluding carboxylic acids is 2. The molecule has 0 unspecified atom stereocenters. The number of esters is 1. The molecule has 0 aliphatic carbocycles. The molecule has 0 atom stereocenters. The van der Waals surface area contributed by atoms with Crippen molar-refractivity contribution in [2.75, 3.05) is 32.6 Å². The van der Waals surface area contributed by atoms with E-state index in [4.69, 9.17) is 13.9 Å². The summed E-state index contributed by atoms with van der Waals surface area (Å²) in [6.45, 7) is 1.94. The van der Waals surface area contributed by atoms with E-state index < -0.39 is 28.5 Å². The molecule has 0 aliphatic rings. The molecule has 0 spiro atoms. The molecule has 1 heterocycles. The van der Waals surface area contributed by atoms with E-state index in [2.05, 4.69) is 5.32 Å². The first-order valence-corrected chi connectivity index (χ1v) is 11.3. The minimum Gasteiger partial charge on any atom is -0.450 e. The number of rotatable bonds is 9. The number of nitrogens with zero attached hydrogens (tertiary/aromatic N) is 1. The number of nitrogens with one attached hydrogen (secondary N) is 1. The zero-order valence-corrected chi connectivity index (χ0v) is 18.8. The van der Waals surface area contributed by atoms with Gasteiger partial charge in [-0.25, -0.2) is 17.5 Å². The largest absolute Gasteiger partial charge is 0.450 e. The smallest absolute Gasteiger partial charge is 0.375 e. The van der Waals surface area contributed by atoms with E-state index in [9.17, 15) is 18.0 Å². The van der Waals surface area contributed by atoms with Crippen LogP contribution in [0.2, 0.25) is 0 Å². The molecule has 10 heteroatoms. The number of ether oxygens (including phenoxy) is 2. The fourth-order valence-corrected chi connectivity index (χ4v) is 3.83. The van der Waals surface area contributed by atoms with Gasteiger partial charge in [0, 0.05) is 37.3 Å². The quantitative estimate of drug-likeness (QED) is 0.488. The predicted octanol–water partition coefficient (Wildman–Crippen LogP) is 3.02. The summed E-state index contributed by atoms with van der Waals surface area (Å²) in [7, 11) is -0.702. The lowest BCUT2D eigenvalue weighted by atomic mass is 10.1. The first kappa shape index (κ1) is 23.5. The summed E-state index contributed by atoms with van der Waals surface area (Å²) in [5.41, 5.74) is 1.45. The number of furan rings is 1. The minimum absolute atomic E-state index is 0.00862. The van der Waals surface area contributed by atoms with Crippen LogP contribution in [0.5, 0.6) is 0 Å². The van der Waals surface area contributed by atoms with Gasteiger partial charge >= 0.3 is 5.97 Å². The van der Waals surface area contributed by atoms with Crippen molar-refractivity contribution in [2.45, 2.75) is 18.4 Å². The Hall–Kier alpha value is -3.21. The number of anilines is 1. The summed E-state index contributed by atoms with van der Waals surface area (Å²) >= 11 is 0. The first-order chi connectivity index (χ1) is 15.2. The molecule has 2 aromatic carbocycles. The van der Waals surface area contributed by atoms with E-state index >= 15 is 0 Å². The molecule has 1 aromatic heterocycles. The number of hydrogen-bond donors (Lipinski definition) is 1. The van der Waals surface area contributed by atoms with E-state index in [1.165, 1.54) is 38.4 Å². The van der Waals surface area contributed by atoms with Crippen LogP contribution in [-0.4, -0.2) is 51.9 Å². The van der Waals surface area contributed by atoms with Gasteiger partial charge in [-0.15, -0.1) is 0 Å². The van der Waals surface area contributed by atoms with Crippen LogP contribution in [-0.2, 0) is 30.9 Å². The predicted molar refractivity (Wildman–Crippen MR) is 118 cm³/mol. The molecule has 170 valence electrons. The average molecular weight is 461 g/mol. The lowest BCUT2D eigenvalue weighted by Crippen LogP contribution is -2.23. The number of fused-ring (bicyclic) bond motifs is 1. The maximum Gasteiger partial charge on any atom is 0.375 e. The number of benzene rings is 2. The lowest BCUT2D eigenvalue weighted by Gasteiger charge is -2.12. The molecular weight excluding hydrogens is 436 g/mol. The Balaban J connectivity index is 1.65. The molecule has 3 aromatic rings. The summed E-state index contributed by atoms with van der Waals surface area (Å²) < 4.78 is 41.5. The minimum atomic E-state index is -3.57. The van der Waals surface area contributed by atoms with Gasteiger partial charge in [-0.05, 0) is 37.3 Å². The summed E-state index contributed by atoms with van der Waals surface area (Å²) in [6.07, 6.45) is 0. The molecule has 9 nitrogen and oxygen atoms in total. The molecule has 1 amide bonds. The molecule has 0 saturated carbocycles. The van der Waals surface area contributed by atoms with Crippen molar-refractivity contribution in [3.05, 3.63) is 59.9 Å². The van der Waals surface area contributed by atoms with Crippen molar-refractivity contribution in [1.82, 2.24) is 4.31 Å². The maximum absolute atomic E-state index is 12.6. The molecule has 32 heavy (non-hydrogen) atoms. The molecule has 1 N–H and O–H groups in total. The van der Waals surface area contributed by atoms with Gasteiger partial charge in [0.25, 0.3) is 5.91 Å². The highest BCUT2D eigenvalue weighted by Gasteiger charge is 2.23. The monoisotopic (exact) mass is 460 g/mol. The van der Waals surface area contributed by atoms with Crippen molar-refractivity contribution in [2.24, 2.45) is 0 Å². The van der Waals surface area contributed by atoms with Crippen LogP contribution in [0.3, 0.4) is 0 Å². The Morgan fingerprint density at radius 1 is 1.06 bits per heavy atom. The van der Waals surface area contributed by atoms with Crippen molar-refractivity contribution in [1.29, 1.82) is 0 Å². The normalized spacial score (nSPS) is 11.6. The van der Waals surface area contributed by atoms with Gasteiger partial charge in [0.1, 0.15) is 5.58 Å². The Kier molecular flexibility index (Phi) is 7.29. The fourth-order valence-electron chi connectivity index (χ4n) is 2.93. The number of sulfonamides is 1. The van der Waals surface area contributed by atoms with Crippen LogP contribution >= 0.6 is 0 Å².